The van der Waals surface area contributed by atoms with E-state index >= 15 is 0 Å². The lowest BCUT2D eigenvalue weighted by molar-refractivity contribution is 0.321. The molecule has 4 rings (SSSR count). The van der Waals surface area contributed by atoms with E-state index < -0.39 is 0 Å². The molecule has 0 unspecified atom stereocenters. The molecular formula is C25H35N5. The molecule has 160 valence electrons. The predicted octanol–water partition coefficient (Wildman–Crippen LogP) is 5.73. The first-order chi connectivity index (χ1) is 14.5. The number of benzene rings is 1. The minimum absolute atomic E-state index is 0.278. The first kappa shape index (κ1) is 20.9. The predicted molar refractivity (Wildman–Crippen MR) is 126 cm³/mol. The van der Waals surface area contributed by atoms with E-state index in [1.54, 1.807) is 0 Å². The highest BCUT2D eigenvalue weighted by Gasteiger charge is 2.22. The van der Waals surface area contributed by atoms with Gasteiger partial charge in [-0.25, -0.2) is 9.67 Å². The summed E-state index contributed by atoms with van der Waals surface area (Å²) in [5.41, 5.74) is 5.63. The van der Waals surface area contributed by atoms with Gasteiger partial charge in [0.1, 0.15) is 0 Å². The Balaban J connectivity index is 1.67. The topological polar surface area (TPSA) is 46.0 Å². The Morgan fingerprint density at radius 1 is 1.23 bits per heavy atom. The largest absolute Gasteiger partial charge is 0.384 e. The zero-order valence-corrected chi connectivity index (χ0v) is 18.9. The van der Waals surface area contributed by atoms with Crippen LogP contribution in [0.2, 0.25) is 0 Å². The molecule has 0 bridgehead atoms. The zero-order valence-electron chi connectivity index (χ0n) is 18.9. The van der Waals surface area contributed by atoms with Gasteiger partial charge in [0.25, 0.3) is 0 Å². The highest BCUT2D eigenvalue weighted by molar-refractivity contribution is 5.91. The van der Waals surface area contributed by atoms with Crippen molar-refractivity contribution in [1.29, 1.82) is 0 Å². The van der Waals surface area contributed by atoms with E-state index in [-0.39, 0.29) is 6.04 Å². The summed E-state index contributed by atoms with van der Waals surface area (Å²) in [5, 5.41) is 9.42. The van der Waals surface area contributed by atoms with E-state index in [0.717, 1.165) is 48.0 Å². The summed E-state index contributed by atoms with van der Waals surface area (Å²) < 4.78 is 2.03. The summed E-state index contributed by atoms with van der Waals surface area (Å²) >= 11 is 0. The summed E-state index contributed by atoms with van der Waals surface area (Å²) in [7, 11) is 2.20. The van der Waals surface area contributed by atoms with E-state index in [1.165, 1.54) is 36.8 Å². The summed E-state index contributed by atoms with van der Waals surface area (Å²) in [5.74, 6) is 0.818. The van der Waals surface area contributed by atoms with E-state index in [9.17, 15) is 0 Å². The molecule has 1 aliphatic rings. The standard InChI is InChI=1S/C25H35N5/c1-5-6-12-29(4)17-20-8-7-9-21(13-20)23-14-24(26-15-19-10-11-19)22-16-27-30(18(2)3)25(22)28-23/h7-9,13-14,16,18-19H,5-6,10-12,15,17H2,1-4H3,(H,26,28). The maximum absolute atomic E-state index is 5.05. The third-order valence-corrected chi connectivity index (χ3v) is 5.90. The fraction of sp³-hybridized carbons (Fsp3) is 0.520. The molecule has 2 heterocycles. The summed E-state index contributed by atoms with van der Waals surface area (Å²) in [6.45, 7) is 9.69. The SMILES string of the molecule is CCCCN(C)Cc1cccc(-c2cc(NCC3CC3)c3cnn(C(C)C)c3n2)c1. The molecule has 0 radical (unpaired) electrons. The third kappa shape index (κ3) is 4.84. The molecule has 0 atom stereocenters. The molecule has 1 fully saturated rings. The average Bonchev–Trinajstić information content (AvgIpc) is 3.46. The normalized spacial score (nSPS) is 14.2. The monoisotopic (exact) mass is 405 g/mol. The average molecular weight is 406 g/mol. The van der Waals surface area contributed by atoms with E-state index in [4.69, 9.17) is 4.98 Å². The highest BCUT2D eigenvalue weighted by Crippen LogP contribution is 2.33. The van der Waals surface area contributed by atoms with Crippen molar-refractivity contribution in [2.75, 3.05) is 25.5 Å². The van der Waals surface area contributed by atoms with Crippen molar-refractivity contribution in [3.8, 4) is 11.3 Å². The van der Waals surface area contributed by atoms with Crippen molar-refractivity contribution in [2.24, 2.45) is 5.92 Å². The van der Waals surface area contributed by atoms with Gasteiger partial charge in [-0.1, -0.05) is 31.5 Å². The summed E-state index contributed by atoms with van der Waals surface area (Å²) in [4.78, 5) is 7.45. The first-order valence-corrected chi connectivity index (χ1v) is 11.4. The quantitative estimate of drug-likeness (QED) is 0.468. The van der Waals surface area contributed by atoms with Crippen LogP contribution in [0.5, 0.6) is 0 Å². The maximum atomic E-state index is 5.05. The van der Waals surface area contributed by atoms with Gasteiger partial charge in [-0.2, -0.15) is 5.10 Å². The lowest BCUT2D eigenvalue weighted by Gasteiger charge is -2.17. The number of anilines is 1. The maximum Gasteiger partial charge on any atom is 0.160 e. The second-order valence-corrected chi connectivity index (χ2v) is 9.09. The number of aromatic nitrogens is 3. The molecule has 0 amide bonds. The summed E-state index contributed by atoms with van der Waals surface area (Å²) in [6.07, 6.45) is 7.11. The molecule has 1 saturated carbocycles. The van der Waals surface area contributed by atoms with Crippen molar-refractivity contribution < 1.29 is 0 Å². The Hall–Kier alpha value is -2.40. The van der Waals surface area contributed by atoms with Gasteiger partial charge in [-0.05, 0) is 70.3 Å². The lowest BCUT2D eigenvalue weighted by Crippen LogP contribution is -2.18. The van der Waals surface area contributed by atoms with Crippen LogP contribution in [0.25, 0.3) is 22.3 Å². The minimum atomic E-state index is 0.278. The number of rotatable bonds is 10. The van der Waals surface area contributed by atoms with Crippen LogP contribution in [-0.2, 0) is 6.54 Å². The van der Waals surface area contributed by atoms with Crippen LogP contribution in [0.3, 0.4) is 0 Å². The molecule has 30 heavy (non-hydrogen) atoms. The van der Waals surface area contributed by atoms with Crippen LogP contribution in [0.1, 0.15) is 58.1 Å². The Morgan fingerprint density at radius 2 is 2.07 bits per heavy atom. The number of pyridine rings is 1. The van der Waals surface area contributed by atoms with Crippen molar-refractivity contribution in [3.63, 3.8) is 0 Å². The molecule has 1 aliphatic carbocycles. The fourth-order valence-corrected chi connectivity index (χ4v) is 3.91. The number of hydrogen-bond acceptors (Lipinski definition) is 4. The fourth-order valence-electron chi connectivity index (χ4n) is 3.91. The number of fused-ring (bicyclic) bond motifs is 1. The third-order valence-electron chi connectivity index (χ3n) is 5.90. The molecule has 1 N–H and O–H groups in total. The number of unbranched alkanes of at least 4 members (excludes halogenated alkanes) is 1. The smallest absolute Gasteiger partial charge is 0.160 e. The van der Waals surface area contributed by atoms with Crippen LogP contribution >= 0.6 is 0 Å². The molecule has 0 spiro atoms. The summed E-state index contributed by atoms with van der Waals surface area (Å²) in [6, 6.07) is 11.3. The van der Waals surface area contributed by atoms with Crippen molar-refractivity contribution in [1.82, 2.24) is 19.7 Å². The van der Waals surface area contributed by atoms with Crippen LogP contribution in [0.4, 0.5) is 5.69 Å². The van der Waals surface area contributed by atoms with Crippen LogP contribution in [-0.4, -0.2) is 39.8 Å². The second kappa shape index (κ2) is 9.17. The Bertz CT molecular complexity index is 986. The number of nitrogens with one attached hydrogen (secondary N) is 1. The number of nitrogens with zero attached hydrogens (tertiary/aromatic N) is 4. The molecule has 2 aromatic heterocycles. The van der Waals surface area contributed by atoms with Crippen LogP contribution in [0, 0.1) is 5.92 Å². The molecule has 5 nitrogen and oxygen atoms in total. The van der Waals surface area contributed by atoms with Crippen molar-refractivity contribution >= 4 is 16.7 Å². The van der Waals surface area contributed by atoms with Gasteiger partial charge in [-0.15, -0.1) is 0 Å². The van der Waals surface area contributed by atoms with Crippen LogP contribution < -0.4 is 5.32 Å². The molecule has 0 aliphatic heterocycles. The van der Waals surface area contributed by atoms with E-state index in [0.29, 0.717) is 0 Å². The van der Waals surface area contributed by atoms with Gasteiger partial charge >= 0.3 is 0 Å². The molecule has 0 saturated heterocycles. The minimum Gasteiger partial charge on any atom is -0.384 e. The second-order valence-electron chi connectivity index (χ2n) is 9.09. The molecule has 3 aromatic rings. The van der Waals surface area contributed by atoms with Crippen LogP contribution in [0.15, 0.2) is 36.5 Å². The van der Waals surface area contributed by atoms with Crippen molar-refractivity contribution in [2.45, 2.75) is 59.0 Å². The number of hydrogen-bond donors (Lipinski definition) is 1. The van der Waals surface area contributed by atoms with Gasteiger partial charge < -0.3 is 10.2 Å². The van der Waals surface area contributed by atoms with Crippen molar-refractivity contribution in [3.05, 3.63) is 42.1 Å². The van der Waals surface area contributed by atoms with Gasteiger partial charge in [0.05, 0.1) is 17.3 Å². The molecule has 5 heteroatoms. The lowest BCUT2D eigenvalue weighted by atomic mass is 10.1. The Kier molecular flexibility index (Phi) is 6.38. The van der Waals surface area contributed by atoms with E-state index in [2.05, 4.69) is 73.5 Å². The van der Waals surface area contributed by atoms with Gasteiger partial charge in [-0.3, -0.25) is 0 Å². The van der Waals surface area contributed by atoms with Gasteiger partial charge in [0.2, 0.25) is 0 Å². The zero-order chi connectivity index (χ0) is 21.1. The van der Waals surface area contributed by atoms with Gasteiger partial charge in [0, 0.05) is 30.4 Å². The van der Waals surface area contributed by atoms with E-state index in [1.807, 2.05) is 10.9 Å². The Morgan fingerprint density at radius 3 is 2.80 bits per heavy atom. The Labute approximate surface area is 180 Å². The molecule has 1 aromatic carbocycles. The molecular weight excluding hydrogens is 370 g/mol. The van der Waals surface area contributed by atoms with Gasteiger partial charge in [0.15, 0.2) is 5.65 Å². The first-order valence-electron chi connectivity index (χ1n) is 11.4. The highest BCUT2D eigenvalue weighted by atomic mass is 15.3.